The molecular weight excluding hydrogens is 434 g/mol. The Morgan fingerprint density at radius 2 is 1.85 bits per heavy atom. The van der Waals surface area contributed by atoms with Crippen LogP contribution in [0.25, 0.3) is 0 Å². The Kier molecular flexibility index (Phi) is 5.77. The zero-order valence-electron chi connectivity index (χ0n) is 17.4. The van der Waals surface area contributed by atoms with Gasteiger partial charge in [0.05, 0.1) is 16.4 Å². The largest absolute Gasteiger partial charge is 0.369 e. The number of nitro benzene ring substituents is 1. The Hall–Kier alpha value is -4.29. The van der Waals surface area contributed by atoms with Crippen LogP contribution in [0, 0.1) is 16.0 Å². The highest BCUT2D eigenvalue weighted by Crippen LogP contribution is 2.31. The van der Waals surface area contributed by atoms with E-state index in [0.29, 0.717) is 25.9 Å². The molecule has 13 nitrogen and oxygen atoms in total. The van der Waals surface area contributed by atoms with Crippen LogP contribution in [-0.2, 0) is 14.4 Å². The van der Waals surface area contributed by atoms with Gasteiger partial charge in [-0.3, -0.25) is 34.3 Å². The number of H-pyrrole nitrogens is 1. The minimum atomic E-state index is -1.09. The fraction of sp³-hybridized carbons (Fsp3) is 0.350. The lowest BCUT2D eigenvalue weighted by atomic mass is 9.92. The Balaban J connectivity index is 1.56. The van der Waals surface area contributed by atoms with Crippen molar-refractivity contribution in [3.8, 4) is 0 Å². The van der Waals surface area contributed by atoms with Gasteiger partial charge in [-0.25, -0.2) is 0 Å². The van der Waals surface area contributed by atoms with E-state index in [1.165, 1.54) is 24.3 Å². The van der Waals surface area contributed by atoms with Crippen molar-refractivity contribution in [2.24, 2.45) is 11.7 Å². The highest BCUT2D eigenvalue weighted by Gasteiger charge is 2.35. The first kappa shape index (κ1) is 21.9. The second-order valence-corrected chi connectivity index (χ2v) is 7.91. The van der Waals surface area contributed by atoms with Crippen molar-refractivity contribution in [3.63, 3.8) is 0 Å². The quantitative estimate of drug-likeness (QED) is 0.368. The predicted molar refractivity (Wildman–Crippen MR) is 117 cm³/mol. The van der Waals surface area contributed by atoms with Gasteiger partial charge >= 0.3 is 0 Å². The van der Waals surface area contributed by atoms with E-state index in [2.05, 4.69) is 20.6 Å². The van der Waals surface area contributed by atoms with Gasteiger partial charge in [0.15, 0.2) is 0 Å². The van der Waals surface area contributed by atoms with E-state index in [0.717, 1.165) is 0 Å². The number of non-ortho nitro benzene ring substituents is 1. The number of hydrogen-bond donors (Lipinski definition) is 4. The minimum absolute atomic E-state index is 0.00544. The van der Waals surface area contributed by atoms with E-state index in [1.807, 2.05) is 0 Å². The maximum absolute atomic E-state index is 12.9. The SMILES string of the molecule is NC(=O)C1CCN(c2nc3c(c(=O)[nH]2)[C@H](C(=O)Nc2ccc([N+](=O)[O-])cc2)CC(=O)N3)CC1. The van der Waals surface area contributed by atoms with Crippen LogP contribution in [0.1, 0.15) is 30.7 Å². The molecule has 3 amide bonds. The smallest absolute Gasteiger partial charge is 0.269 e. The Bertz CT molecular complexity index is 1180. The van der Waals surface area contributed by atoms with Crippen LogP contribution < -0.4 is 26.8 Å². The molecule has 172 valence electrons. The molecule has 2 aromatic rings. The molecule has 0 spiro atoms. The number of anilines is 3. The number of nitrogens with zero attached hydrogens (tertiary/aromatic N) is 3. The third-order valence-electron chi connectivity index (χ3n) is 5.80. The average molecular weight is 455 g/mol. The number of nitrogens with one attached hydrogen (secondary N) is 3. The van der Waals surface area contributed by atoms with E-state index in [9.17, 15) is 29.3 Å². The molecular formula is C20H21N7O6. The number of amides is 3. The summed E-state index contributed by atoms with van der Waals surface area (Å²) in [6.07, 6.45) is 0.783. The molecule has 0 unspecified atom stereocenters. The Labute approximate surface area is 186 Å². The molecule has 13 heteroatoms. The summed E-state index contributed by atoms with van der Waals surface area (Å²) in [7, 11) is 0. The lowest BCUT2D eigenvalue weighted by Gasteiger charge is -2.32. The van der Waals surface area contributed by atoms with E-state index in [4.69, 9.17) is 5.73 Å². The molecule has 0 bridgehead atoms. The van der Waals surface area contributed by atoms with E-state index in [1.54, 1.807) is 4.90 Å². The van der Waals surface area contributed by atoms with Crippen molar-refractivity contribution in [1.29, 1.82) is 0 Å². The van der Waals surface area contributed by atoms with Crippen LogP contribution in [0.15, 0.2) is 29.1 Å². The fourth-order valence-electron chi connectivity index (χ4n) is 4.00. The number of carbonyl (C=O) groups excluding carboxylic acids is 3. The molecule has 33 heavy (non-hydrogen) atoms. The highest BCUT2D eigenvalue weighted by atomic mass is 16.6. The van der Waals surface area contributed by atoms with Gasteiger partial charge in [0.1, 0.15) is 5.82 Å². The summed E-state index contributed by atoms with van der Waals surface area (Å²) in [5, 5.41) is 15.9. The van der Waals surface area contributed by atoms with E-state index >= 15 is 0 Å². The molecule has 1 saturated heterocycles. The Morgan fingerprint density at radius 1 is 1.18 bits per heavy atom. The van der Waals surface area contributed by atoms with Gasteiger partial charge in [-0.05, 0) is 25.0 Å². The maximum atomic E-state index is 12.9. The van der Waals surface area contributed by atoms with Crippen molar-refractivity contribution < 1.29 is 19.3 Å². The van der Waals surface area contributed by atoms with Gasteiger partial charge in [0, 0.05) is 43.2 Å². The molecule has 0 aliphatic carbocycles. The average Bonchev–Trinajstić information content (AvgIpc) is 2.78. The molecule has 3 heterocycles. The zero-order chi connectivity index (χ0) is 23.7. The van der Waals surface area contributed by atoms with Gasteiger partial charge in [0.2, 0.25) is 23.7 Å². The van der Waals surface area contributed by atoms with Crippen molar-refractivity contribution in [3.05, 3.63) is 50.3 Å². The number of piperidine rings is 1. The van der Waals surface area contributed by atoms with Gasteiger partial charge in [0.25, 0.3) is 11.2 Å². The summed E-state index contributed by atoms with van der Waals surface area (Å²) in [6, 6.07) is 5.20. The third kappa shape index (κ3) is 4.51. The van der Waals surface area contributed by atoms with Crippen molar-refractivity contribution in [2.75, 3.05) is 28.6 Å². The molecule has 1 aromatic carbocycles. The first-order valence-electron chi connectivity index (χ1n) is 10.3. The number of fused-ring (bicyclic) bond motifs is 1. The topological polar surface area (TPSA) is 193 Å². The first-order valence-corrected chi connectivity index (χ1v) is 10.3. The molecule has 1 aromatic heterocycles. The van der Waals surface area contributed by atoms with Crippen LogP contribution in [0.2, 0.25) is 0 Å². The summed E-state index contributed by atoms with van der Waals surface area (Å²) in [6.45, 7) is 0.903. The van der Waals surface area contributed by atoms with Crippen molar-refractivity contribution >= 4 is 40.9 Å². The van der Waals surface area contributed by atoms with Crippen LogP contribution in [0.5, 0.6) is 0 Å². The number of hydrogen-bond acceptors (Lipinski definition) is 8. The molecule has 0 radical (unpaired) electrons. The monoisotopic (exact) mass is 455 g/mol. The minimum Gasteiger partial charge on any atom is -0.369 e. The number of carbonyl (C=O) groups is 3. The van der Waals surface area contributed by atoms with Gasteiger partial charge < -0.3 is 21.3 Å². The molecule has 4 rings (SSSR count). The first-order chi connectivity index (χ1) is 15.7. The van der Waals surface area contributed by atoms with Crippen LogP contribution >= 0.6 is 0 Å². The fourth-order valence-corrected chi connectivity index (χ4v) is 4.00. The molecule has 1 atom stereocenters. The van der Waals surface area contributed by atoms with Crippen molar-refractivity contribution in [1.82, 2.24) is 9.97 Å². The second-order valence-electron chi connectivity index (χ2n) is 7.91. The normalized spacial score (nSPS) is 18.2. The highest BCUT2D eigenvalue weighted by molar-refractivity contribution is 6.04. The number of rotatable bonds is 5. The molecule has 2 aliphatic rings. The van der Waals surface area contributed by atoms with Crippen LogP contribution in [0.3, 0.4) is 0 Å². The number of benzene rings is 1. The zero-order valence-corrected chi connectivity index (χ0v) is 17.4. The number of primary amides is 1. The summed E-state index contributed by atoms with van der Waals surface area (Å²) in [4.78, 5) is 68.4. The predicted octanol–water partition coefficient (Wildman–Crippen LogP) is 0.444. The molecule has 1 fully saturated rings. The van der Waals surface area contributed by atoms with Crippen LogP contribution in [0.4, 0.5) is 23.1 Å². The summed E-state index contributed by atoms with van der Waals surface area (Å²) < 4.78 is 0. The maximum Gasteiger partial charge on any atom is 0.269 e. The molecule has 2 aliphatic heterocycles. The summed E-state index contributed by atoms with van der Waals surface area (Å²) >= 11 is 0. The van der Waals surface area contributed by atoms with Gasteiger partial charge in [-0.1, -0.05) is 0 Å². The number of nitrogens with two attached hydrogens (primary N) is 1. The third-order valence-corrected chi connectivity index (χ3v) is 5.80. The second kappa shape index (κ2) is 8.68. The van der Waals surface area contributed by atoms with Crippen molar-refractivity contribution in [2.45, 2.75) is 25.2 Å². The Morgan fingerprint density at radius 3 is 2.45 bits per heavy atom. The lowest BCUT2D eigenvalue weighted by molar-refractivity contribution is -0.384. The number of nitro groups is 1. The van der Waals surface area contributed by atoms with Gasteiger partial charge in [-0.15, -0.1) is 0 Å². The number of aromatic amines is 1. The summed E-state index contributed by atoms with van der Waals surface area (Å²) in [5.41, 5.74) is 4.98. The molecule has 5 N–H and O–H groups in total. The van der Waals surface area contributed by atoms with Crippen LogP contribution in [-0.4, -0.2) is 45.7 Å². The van der Waals surface area contributed by atoms with E-state index in [-0.39, 0.29) is 47.0 Å². The lowest BCUT2D eigenvalue weighted by Crippen LogP contribution is -2.41. The van der Waals surface area contributed by atoms with Gasteiger partial charge in [-0.2, -0.15) is 4.98 Å². The standard InChI is InChI=1S/C20H21N7O6/c21-16(29)10-5-7-26(8-6-10)20-24-17-15(19(31)25-20)13(9-14(28)23-17)18(30)22-11-1-3-12(4-2-11)27(32)33/h1-4,10,13H,5-9H2,(H2,21,29)(H,22,30)(H2,23,24,25,28,31)/t13-/m1/s1. The van der Waals surface area contributed by atoms with E-state index < -0.39 is 28.2 Å². The summed E-state index contributed by atoms with van der Waals surface area (Å²) in [5.74, 6) is -2.53. The molecule has 0 saturated carbocycles. The number of aromatic nitrogens is 2.